The van der Waals surface area contributed by atoms with E-state index in [0.29, 0.717) is 11.6 Å². The summed E-state index contributed by atoms with van der Waals surface area (Å²) in [5.74, 6) is 0.578. The molecule has 1 N–H and O–H groups in total. The average Bonchev–Trinajstić information content (AvgIpc) is 3.23. The SMILES string of the molecule is Cc1cc(N(CC2CC2)C2CC2)c([C@@H](C)O)cc1F. The van der Waals surface area contributed by atoms with E-state index in [1.54, 1.807) is 13.8 Å². The zero-order chi connectivity index (χ0) is 13.6. The quantitative estimate of drug-likeness (QED) is 0.878. The van der Waals surface area contributed by atoms with Gasteiger partial charge in [-0.2, -0.15) is 0 Å². The molecule has 0 aromatic heterocycles. The molecule has 3 rings (SSSR count). The second-order valence-corrected chi connectivity index (χ2v) is 6.16. The van der Waals surface area contributed by atoms with Crippen molar-refractivity contribution < 1.29 is 9.50 Å². The molecule has 2 fully saturated rings. The first-order valence-corrected chi connectivity index (χ1v) is 7.31. The number of benzene rings is 1. The Bertz CT molecular complexity index is 478. The van der Waals surface area contributed by atoms with Crippen LogP contribution in [0, 0.1) is 18.7 Å². The van der Waals surface area contributed by atoms with E-state index >= 15 is 0 Å². The zero-order valence-electron chi connectivity index (χ0n) is 11.7. The van der Waals surface area contributed by atoms with Crippen LogP contribution in [0.5, 0.6) is 0 Å². The van der Waals surface area contributed by atoms with Crippen molar-refractivity contribution in [3.8, 4) is 0 Å². The molecule has 0 bridgehead atoms. The molecule has 2 nitrogen and oxygen atoms in total. The Morgan fingerprint density at radius 2 is 2.00 bits per heavy atom. The Morgan fingerprint density at radius 1 is 1.32 bits per heavy atom. The van der Waals surface area contributed by atoms with Crippen molar-refractivity contribution in [2.75, 3.05) is 11.4 Å². The van der Waals surface area contributed by atoms with E-state index in [1.165, 1.54) is 31.7 Å². The van der Waals surface area contributed by atoms with Gasteiger partial charge in [0.1, 0.15) is 5.82 Å². The highest BCUT2D eigenvalue weighted by Gasteiger charge is 2.35. The Hall–Kier alpha value is -1.09. The van der Waals surface area contributed by atoms with Gasteiger partial charge in [0.05, 0.1) is 6.10 Å². The summed E-state index contributed by atoms with van der Waals surface area (Å²) in [5.41, 5.74) is 2.44. The van der Waals surface area contributed by atoms with Gasteiger partial charge in [-0.1, -0.05) is 0 Å². The molecule has 0 saturated heterocycles. The third kappa shape index (κ3) is 2.76. The maximum absolute atomic E-state index is 13.7. The number of aryl methyl sites for hydroxylation is 1. The van der Waals surface area contributed by atoms with Gasteiger partial charge < -0.3 is 10.0 Å². The van der Waals surface area contributed by atoms with E-state index < -0.39 is 6.10 Å². The van der Waals surface area contributed by atoms with Crippen LogP contribution in [-0.4, -0.2) is 17.7 Å². The van der Waals surface area contributed by atoms with Crippen molar-refractivity contribution >= 4 is 5.69 Å². The second kappa shape index (κ2) is 4.78. The van der Waals surface area contributed by atoms with Crippen LogP contribution in [0.25, 0.3) is 0 Å². The van der Waals surface area contributed by atoms with Gasteiger partial charge in [-0.15, -0.1) is 0 Å². The summed E-state index contributed by atoms with van der Waals surface area (Å²) in [6.07, 6.45) is 4.46. The van der Waals surface area contributed by atoms with Crippen LogP contribution in [-0.2, 0) is 0 Å². The Labute approximate surface area is 114 Å². The molecule has 1 aromatic carbocycles. The van der Waals surface area contributed by atoms with Crippen LogP contribution in [0.15, 0.2) is 12.1 Å². The van der Waals surface area contributed by atoms with E-state index in [1.807, 2.05) is 6.07 Å². The smallest absolute Gasteiger partial charge is 0.126 e. The third-order valence-electron chi connectivity index (χ3n) is 4.21. The number of nitrogens with zero attached hydrogens (tertiary/aromatic N) is 1. The summed E-state index contributed by atoms with van der Waals surface area (Å²) in [4.78, 5) is 2.41. The first-order chi connectivity index (χ1) is 9.06. The normalized spacial score (nSPS) is 20.4. The van der Waals surface area contributed by atoms with Gasteiger partial charge in [-0.25, -0.2) is 4.39 Å². The second-order valence-electron chi connectivity index (χ2n) is 6.16. The minimum atomic E-state index is -0.620. The lowest BCUT2D eigenvalue weighted by Crippen LogP contribution is -2.29. The largest absolute Gasteiger partial charge is 0.389 e. The van der Waals surface area contributed by atoms with Crippen molar-refractivity contribution in [1.82, 2.24) is 0 Å². The van der Waals surface area contributed by atoms with Crippen molar-refractivity contribution in [2.45, 2.75) is 51.7 Å². The number of hydrogen-bond donors (Lipinski definition) is 1. The third-order valence-corrected chi connectivity index (χ3v) is 4.21. The van der Waals surface area contributed by atoms with Crippen LogP contribution < -0.4 is 4.90 Å². The first kappa shape index (κ1) is 12.9. The minimum Gasteiger partial charge on any atom is -0.389 e. The van der Waals surface area contributed by atoms with Crippen LogP contribution in [0.2, 0.25) is 0 Å². The number of halogens is 1. The molecule has 0 heterocycles. The first-order valence-electron chi connectivity index (χ1n) is 7.31. The summed E-state index contributed by atoms with van der Waals surface area (Å²) in [6, 6.07) is 4.03. The molecule has 0 amide bonds. The molecule has 3 heteroatoms. The fourth-order valence-corrected chi connectivity index (χ4v) is 2.67. The molecule has 2 aliphatic rings. The summed E-state index contributed by atoms with van der Waals surface area (Å²) in [6.45, 7) is 4.58. The average molecular weight is 263 g/mol. The van der Waals surface area contributed by atoms with Crippen LogP contribution in [0.4, 0.5) is 10.1 Å². The molecule has 0 unspecified atom stereocenters. The molecule has 0 spiro atoms. The monoisotopic (exact) mass is 263 g/mol. The number of anilines is 1. The van der Waals surface area contributed by atoms with Gasteiger partial charge in [0, 0.05) is 23.8 Å². The number of aliphatic hydroxyl groups excluding tert-OH is 1. The summed E-state index contributed by atoms with van der Waals surface area (Å²) in [5, 5.41) is 9.93. The van der Waals surface area contributed by atoms with Crippen LogP contribution in [0.1, 0.15) is 49.8 Å². The van der Waals surface area contributed by atoms with Crippen molar-refractivity contribution in [3.05, 3.63) is 29.1 Å². The van der Waals surface area contributed by atoms with Crippen LogP contribution in [0.3, 0.4) is 0 Å². The maximum Gasteiger partial charge on any atom is 0.126 e. The molecule has 2 saturated carbocycles. The molecule has 0 aliphatic heterocycles. The molecule has 104 valence electrons. The lowest BCUT2D eigenvalue weighted by molar-refractivity contribution is 0.199. The lowest BCUT2D eigenvalue weighted by atomic mass is 10.0. The van der Waals surface area contributed by atoms with Crippen molar-refractivity contribution in [3.63, 3.8) is 0 Å². The van der Waals surface area contributed by atoms with Gasteiger partial charge in [-0.3, -0.25) is 0 Å². The lowest BCUT2D eigenvalue weighted by Gasteiger charge is -2.28. The molecule has 0 radical (unpaired) electrons. The van der Waals surface area contributed by atoms with E-state index in [2.05, 4.69) is 4.90 Å². The zero-order valence-corrected chi connectivity index (χ0v) is 11.7. The maximum atomic E-state index is 13.7. The topological polar surface area (TPSA) is 23.5 Å². The molecule has 1 aromatic rings. The Balaban J connectivity index is 1.97. The van der Waals surface area contributed by atoms with Crippen LogP contribution >= 0.6 is 0 Å². The summed E-state index contributed by atoms with van der Waals surface area (Å²) < 4.78 is 13.7. The highest BCUT2D eigenvalue weighted by molar-refractivity contribution is 5.58. The van der Waals surface area contributed by atoms with Gasteiger partial charge in [0.15, 0.2) is 0 Å². The van der Waals surface area contributed by atoms with E-state index in [-0.39, 0.29) is 5.82 Å². The van der Waals surface area contributed by atoms with E-state index in [4.69, 9.17) is 0 Å². The highest BCUT2D eigenvalue weighted by atomic mass is 19.1. The molecule has 1 atom stereocenters. The van der Waals surface area contributed by atoms with Gasteiger partial charge in [0.25, 0.3) is 0 Å². The molecule has 2 aliphatic carbocycles. The summed E-state index contributed by atoms with van der Waals surface area (Å²) in [7, 11) is 0. The predicted octanol–water partition coefficient (Wildman–Crippen LogP) is 3.57. The van der Waals surface area contributed by atoms with Gasteiger partial charge >= 0.3 is 0 Å². The highest BCUT2D eigenvalue weighted by Crippen LogP contribution is 2.40. The van der Waals surface area contributed by atoms with E-state index in [0.717, 1.165) is 23.7 Å². The van der Waals surface area contributed by atoms with E-state index in [9.17, 15) is 9.50 Å². The van der Waals surface area contributed by atoms with Gasteiger partial charge in [0.2, 0.25) is 0 Å². The minimum absolute atomic E-state index is 0.221. The fraction of sp³-hybridized carbons (Fsp3) is 0.625. The molecular weight excluding hydrogens is 241 g/mol. The standard InChI is InChI=1S/C16H22FNO/c1-10-7-16(14(11(2)19)8-15(10)17)18(13-5-6-13)9-12-3-4-12/h7-8,11-13,19H,3-6,9H2,1-2H3/t11-/m1/s1. The van der Waals surface area contributed by atoms with Crippen molar-refractivity contribution in [2.24, 2.45) is 5.92 Å². The summed E-state index contributed by atoms with van der Waals surface area (Å²) >= 11 is 0. The van der Waals surface area contributed by atoms with Gasteiger partial charge in [-0.05, 0) is 63.1 Å². The number of rotatable bonds is 5. The number of hydrogen-bond acceptors (Lipinski definition) is 2. The Morgan fingerprint density at radius 3 is 2.53 bits per heavy atom. The fourth-order valence-electron chi connectivity index (χ4n) is 2.67. The number of aliphatic hydroxyl groups is 1. The molecular formula is C16H22FNO. The van der Waals surface area contributed by atoms with Crippen molar-refractivity contribution in [1.29, 1.82) is 0 Å². The predicted molar refractivity (Wildman–Crippen MR) is 74.9 cm³/mol. The molecule has 19 heavy (non-hydrogen) atoms. The Kier molecular flexibility index (Phi) is 3.25.